The number of amides is 6. The molecule has 3 heterocycles. The minimum Gasteiger partial charge on any atom is -0.491 e. The fourth-order valence-electron chi connectivity index (χ4n) is 8.45. The van der Waals surface area contributed by atoms with Gasteiger partial charge < -0.3 is 34.9 Å². The molecule has 378 valence electrons. The van der Waals surface area contributed by atoms with Gasteiger partial charge in [-0.15, -0.1) is 11.3 Å². The Hall–Kier alpha value is -7.34. The number of aryl methyl sites for hydroxylation is 1. The molecule has 0 unspecified atom stereocenters. The fourth-order valence-corrected chi connectivity index (χ4v) is 9.26. The number of nitriles is 1. The molecule has 2 fully saturated rings. The summed E-state index contributed by atoms with van der Waals surface area (Å²) in [5.74, 6) is -1.62. The normalized spacial score (nSPS) is 17.2. The van der Waals surface area contributed by atoms with Crippen molar-refractivity contribution in [3.63, 3.8) is 0 Å². The lowest BCUT2D eigenvalue weighted by atomic mass is 9.85. The third-order valence-corrected chi connectivity index (χ3v) is 13.2. The predicted octanol–water partition coefficient (Wildman–Crippen LogP) is 7.66. The Bertz CT molecular complexity index is 2860. The number of halogens is 3. The Morgan fingerprint density at radius 2 is 1.60 bits per heavy atom. The second-order valence-corrected chi connectivity index (χ2v) is 19.7. The van der Waals surface area contributed by atoms with Crippen LogP contribution in [0.4, 0.5) is 29.3 Å². The van der Waals surface area contributed by atoms with Crippen molar-refractivity contribution in [1.29, 1.82) is 5.26 Å². The number of hydrogen-bond acceptors (Lipinski definition) is 12. The number of aliphatic hydroxyl groups excluding tert-OH is 1. The molecule has 72 heavy (non-hydrogen) atoms. The highest BCUT2D eigenvalue weighted by Gasteiger charge is 2.53. The van der Waals surface area contributed by atoms with E-state index in [1.165, 1.54) is 41.8 Å². The summed E-state index contributed by atoms with van der Waals surface area (Å²) >= 11 is 1.55. The van der Waals surface area contributed by atoms with E-state index in [0.29, 0.717) is 16.7 Å². The van der Waals surface area contributed by atoms with Gasteiger partial charge in [-0.3, -0.25) is 24.1 Å². The summed E-state index contributed by atoms with van der Waals surface area (Å²) in [6.45, 7) is 10.8. The lowest BCUT2D eigenvalue weighted by molar-refractivity contribution is -0.142. The fraction of sp³-hybridized carbons (Fsp3) is 0.365. The zero-order valence-electron chi connectivity index (χ0n) is 40.4. The molecule has 3 N–H and O–H groups in total. The van der Waals surface area contributed by atoms with Crippen LogP contribution in [0.1, 0.15) is 73.8 Å². The SMILES string of the molecule is Cc1ncsc1-c1ccc(CNC(=O)[C@@H]2C[C@@H](O)CN2C(=O)[C@@H](NC(=O)c2ccccc2OCCOCCOc2ccc(N3C(=O)N(c4ccc(C#N)c(C(F)(F)F)c4)C(=O)C3(C)C)cc2)C(C)(C)C)cc1. The molecule has 1 aromatic heterocycles. The highest BCUT2D eigenvalue weighted by molar-refractivity contribution is 7.13. The molecule has 3 atom stereocenters. The molecule has 2 saturated heterocycles. The number of carbonyl (C=O) groups is 5. The maximum Gasteiger partial charge on any atom is 0.417 e. The van der Waals surface area contributed by atoms with Crippen molar-refractivity contribution in [2.45, 2.75) is 84.4 Å². The molecular formula is C52H54F3N7O9S. The number of rotatable bonds is 17. The molecule has 2 aliphatic heterocycles. The maximum absolute atomic E-state index is 14.3. The van der Waals surface area contributed by atoms with Crippen LogP contribution >= 0.6 is 11.3 Å². The van der Waals surface area contributed by atoms with Gasteiger partial charge in [0, 0.05) is 25.2 Å². The van der Waals surface area contributed by atoms with Gasteiger partial charge in [-0.1, -0.05) is 57.2 Å². The van der Waals surface area contributed by atoms with Crippen molar-refractivity contribution in [3.05, 3.63) is 124 Å². The van der Waals surface area contributed by atoms with E-state index in [1.807, 2.05) is 31.2 Å². The van der Waals surface area contributed by atoms with Crippen molar-refractivity contribution < 1.29 is 56.5 Å². The standard InChI is InChI=1S/C52H54F3N7O9S/c1-31-43(72-30-58-31)33-13-11-32(12-14-33)28-57-46(65)41-26-37(63)29-60(41)47(66)44(50(2,3)4)59-45(64)39-9-7-8-10-42(39)71-24-22-69-21-23-70-38-19-17-35(18-20-38)62-49(68)61(48(67)51(62,5)6)36-16-15-34(27-56)40(25-36)52(53,54)55/h7-20,25,30,37,41,44,63H,21-24,26,28-29H2,1-6H3,(H,57,65)(H,59,64)/t37-,41+,44-/m1/s1. The monoisotopic (exact) mass is 1010 g/mol. The first-order chi connectivity index (χ1) is 34.1. The smallest absolute Gasteiger partial charge is 0.417 e. The Morgan fingerprint density at radius 3 is 2.24 bits per heavy atom. The largest absolute Gasteiger partial charge is 0.491 e. The molecule has 6 amide bonds. The van der Waals surface area contributed by atoms with Gasteiger partial charge in [0.05, 0.1) is 63.8 Å². The number of benzene rings is 4. The second-order valence-electron chi connectivity index (χ2n) is 18.8. The first-order valence-corrected chi connectivity index (χ1v) is 23.9. The summed E-state index contributed by atoms with van der Waals surface area (Å²) in [6.07, 6.45) is -5.78. The average molecular weight is 1010 g/mol. The number of urea groups is 1. The number of para-hydroxylation sites is 1. The highest BCUT2D eigenvalue weighted by Crippen LogP contribution is 2.40. The number of imide groups is 1. The van der Waals surface area contributed by atoms with Gasteiger partial charge in [-0.25, -0.2) is 14.7 Å². The Morgan fingerprint density at radius 1 is 0.931 bits per heavy atom. The van der Waals surface area contributed by atoms with Crippen molar-refractivity contribution in [2.75, 3.05) is 42.8 Å². The Labute approximate surface area is 418 Å². The number of ether oxygens (including phenoxy) is 3. The maximum atomic E-state index is 14.3. The molecule has 20 heteroatoms. The lowest BCUT2D eigenvalue weighted by Gasteiger charge is -2.35. The van der Waals surface area contributed by atoms with E-state index in [9.17, 15) is 47.5 Å². The van der Waals surface area contributed by atoms with Gasteiger partial charge in [0.15, 0.2) is 0 Å². The van der Waals surface area contributed by atoms with E-state index in [2.05, 4.69) is 15.6 Å². The van der Waals surface area contributed by atoms with E-state index in [0.717, 1.165) is 33.8 Å². The number of likely N-dealkylation sites (tertiary alicyclic amines) is 1. The molecule has 0 saturated carbocycles. The van der Waals surface area contributed by atoms with E-state index >= 15 is 0 Å². The highest BCUT2D eigenvalue weighted by atomic mass is 32.1. The molecule has 5 aromatic rings. The number of alkyl halides is 3. The van der Waals surface area contributed by atoms with Gasteiger partial charge in [0.25, 0.3) is 11.8 Å². The van der Waals surface area contributed by atoms with Gasteiger partial charge >= 0.3 is 12.2 Å². The van der Waals surface area contributed by atoms with Crippen LogP contribution < -0.4 is 29.9 Å². The van der Waals surface area contributed by atoms with E-state index < -0.39 is 76.1 Å². The number of thiazole rings is 1. The van der Waals surface area contributed by atoms with Crippen LogP contribution in [-0.2, 0) is 31.8 Å². The molecular weight excluding hydrogens is 956 g/mol. The molecule has 16 nitrogen and oxygen atoms in total. The minimum atomic E-state index is -4.89. The third kappa shape index (κ3) is 11.5. The Kier molecular flexibility index (Phi) is 15.7. The number of carbonyl (C=O) groups excluding carboxylic acids is 5. The number of aliphatic hydroxyl groups is 1. The van der Waals surface area contributed by atoms with Crippen LogP contribution in [0.3, 0.4) is 0 Å². The average Bonchev–Trinajstić information content (AvgIpc) is 4.01. The summed E-state index contributed by atoms with van der Waals surface area (Å²) in [4.78, 5) is 77.3. The van der Waals surface area contributed by atoms with Gasteiger partial charge in [0.2, 0.25) is 11.8 Å². The molecule has 0 aliphatic carbocycles. The van der Waals surface area contributed by atoms with Gasteiger partial charge in [-0.05, 0) is 91.9 Å². The molecule has 4 aromatic carbocycles. The molecule has 0 spiro atoms. The Balaban J connectivity index is 0.885. The quantitative estimate of drug-likeness (QED) is 0.0610. The molecule has 0 bridgehead atoms. The predicted molar refractivity (Wildman–Crippen MR) is 261 cm³/mol. The van der Waals surface area contributed by atoms with Crippen LogP contribution in [0.15, 0.2) is 96.5 Å². The number of β-amino-alcohol motifs (C(OH)–C–C–N with tert-alkyl or cyclic N) is 1. The summed E-state index contributed by atoms with van der Waals surface area (Å²) in [5, 5.41) is 25.6. The first-order valence-electron chi connectivity index (χ1n) is 23.0. The summed E-state index contributed by atoms with van der Waals surface area (Å²) in [6, 6.07) is 21.7. The number of nitrogens with zero attached hydrogens (tertiary/aromatic N) is 5. The summed E-state index contributed by atoms with van der Waals surface area (Å²) in [5.41, 5.74) is 0.570. The number of nitrogens with one attached hydrogen (secondary N) is 2. The van der Waals surface area contributed by atoms with Crippen LogP contribution in [0, 0.1) is 23.7 Å². The topological polar surface area (TPSA) is 204 Å². The molecule has 7 rings (SSSR count). The summed E-state index contributed by atoms with van der Waals surface area (Å²) < 4.78 is 58.5. The minimum absolute atomic E-state index is 0.0428. The van der Waals surface area contributed by atoms with E-state index in [1.54, 1.807) is 74.0 Å². The number of anilines is 2. The van der Waals surface area contributed by atoms with Crippen LogP contribution in [0.25, 0.3) is 10.4 Å². The lowest BCUT2D eigenvalue weighted by Crippen LogP contribution is -2.57. The van der Waals surface area contributed by atoms with E-state index in [4.69, 9.17) is 14.2 Å². The second kappa shape index (κ2) is 21.6. The van der Waals surface area contributed by atoms with Gasteiger partial charge in [-0.2, -0.15) is 18.4 Å². The van der Waals surface area contributed by atoms with E-state index in [-0.39, 0.29) is 68.6 Å². The van der Waals surface area contributed by atoms with Crippen LogP contribution in [0.2, 0.25) is 0 Å². The van der Waals surface area contributed by atoms with Crippen molar-refractivity contribution in [3.8, 4) is 28.0 Å². The third-order valence-electron chi connectivity index (χ3n) is 12.2. The number of hydrogen-bond donors (Lipinski definition) is 3. The molecule has 2 aliphatic rings. The molecule has 0 radical (unpaired) electrons. The van der Waals surface area contributed by atoms with Crippen LogP contribution in [0.5, 0.6) is 11.5 Å². The van der Waals surface area contributed by atoms with Crippen LogP contribution in [-0.4, -0.2) is 101 Å². The zero-order chi connectivity index (χ0) is 52.1. The number of aromatic nitrogens is 1. The van der Waals surface area contributed by atoms with Crippen molar-refractivity contribution in [1.82, 2.24) is 20.5 Å². The van der Waals surface area contributed by atoms with Crippen molar-refractivity contribution in [2.24, 2.45) is 5.41 Å². The zero-order valence-corrected chi connectivity index (χ0v) is 41.2. The van der Waals surface area contributed by atoms with Crippen molar-refractivity contribution >= 4 is 52.4 Å². The van der Waals surface area contributed by atoms with Gasteiger partial charge in [0.1, 0.15) is 42.3 Å². The first kappa shape index (κ1) is 52.5. The summed E-state index contributed by atoms with van der Waals surface area (Å²) in [7, 11) is 0.